The number of carbonyl (C=O) groups excluding carboxylic acids is 1. The zero-order chi connectivity index (χ0) is 12.3. The first kappa shape index (κ1) is 11.6. The van der Waals surface area contributed by atoms with Crippen LogP contribution in [-0.4, -0.2) is 28.4 Å². The van der Waals surface area contributed by atoms with Crippen molar-refractivity contribution < 1.29 is 4.79 Å². The average Bonchev–Trinajstić information content (AvgIpc) is 2.38. The summed E-state index contributed by atoms with van der Waals surface area (Å²) in [7, 11) is 0. The van der Waals surface area contributed by atoms with Gasteiger partial charge in [-0.2, -0.15) is 5.26 Å². The normalized spacial score (nSPS) is 19.8. The third-order valence-electron chi connectivity index (χ3n) is 3.06. The molecule has 17 heavy (non-hydrogen) atoms. The lowest BCUT2D eigenvalue weighted by atomic mass is 10.0. The summed E-state index contributed by atoms with van der Waals surface area (Å²) in [6.45, 7) is 2.53. The van der Waals surface area contributed by atoms with Gasteiger partial charge in [0.05, 0.1) is 6.07 Å². The largest absolute Gasteiger partial charge is 0.323 e. The van der Waals surface area contributed by atoms with Gasteiger partial charge in [0.15, 0.2) is 0 Å². The molecule has 0 radical (unpaired) electrons. The molecule has 1 aromatic heterocycles. The predicted octanol–water partition coefficient (Wildman–Crippen LogP) is 1.91. The zero-order valence-corrected chi connectivity index (χ0v) is 9.89. The van der Waals surface area contributed by atoms with Crippen molar-refractivity contribution in [1.82, 2.24) is 9.88 Å². The number of aromatic nitrogens is 1. The van der Waals surface area contributed by atoms with Gasteiger partial charge in [0.2, 0.25) is 0 Å². The van der Waals surface area contributed by atoms with Gasteiger partial charge in [-0.1, -0.05) is 0 Å². The molecule has 1 fully saturated rings. The number of likely N-dealkylation sites (tertiary alicyclic amines) is 1. The molecule has 4 nitrogen and oxygen atoms in total. The highest BCUT2D eigenvalue weighted by Crippen LogP contribution is 2.19. The van der Waals surface area contributed by atoms with Crippen molar-refractivity contribution in [3.8, 4) is 6.07 Å². The number of amides is 1. The van der Waals surface area contributed by atoms with Crippen LogP contribution in [0, 0.1) is 18.3 Å². The molecule has 1 atom stereocenters. The Balaban J connectivity index is 2.22. The van der Waals surface area contributed by atoms with Crippen molar-refractivity contribution in [3.05, 3.63) is 29.6 Å². The van der Waals surface area contributed by atoms with Crippen LogP contribution in [0.2, 0.25) is 0 Å². The number of nitrogens with zero attached hydrogens (tertiary/aromatic N) is 3. The van der Waals surface area contributed by atoms with Crippen molar-refractivity contribution in [3.63, 3.8) is 0 Å². The maximum atomic E-state index is 12.3. The van der Waals surface area contributed by atoms with E-state index >= 15 is 0 Å². The molecule has 1 aromatic rings. The van der Waals surface area contributed by atoms with Gasteiger partial charge in [0.25, 0.3) is 5.91 Å². The van der Waals surface area contributed by atoms with E-state index in [9.17, 15) is 4.79 Å². The third-order valence-corrected chi connectivity index (χ3v) is 3.06. The summed E-state index contributed by atoms with van der Waals surface area (Å²) < 4.78 is 0. The minimum Gasteiger partial charge on any atom is -0.323 e. The van der Waals surface area contributed by atoms with Gasteiger partial charge >= 0.3 is 0 Å². The lowest BCUT2D eigenvalue weighted by Crippen LogP contribution is -2.42. The Labute approximate surface area is 101 Å². The Kier molecular flexibility index (Phi) is 3.38. The maximum Gasteiger partial charge on any atom is 0.255 e. The second-order valence-electron chi connectivity index (χ2n) is 4.33. The Morgan fingerprint density at radius 3 is 3.12 bits per heavy atom. The topological polar surface area (TPSA) is 57.0 Å². The summed E-state index contributed by atoms with van der Waals surface area (Å²) >= 11 is 0. The van der Waals surface area contributed by atoms with E-state index in [1.165, 1.54) is 0 Å². The second kappa shape index (κ2) is 4.96. The monoisotopic (exact) mass is 229 g/mol. The van der Waals surface area contributed by atoms with E-state index in [1.807, 2.05) is 6.92 Å². The fourth-order valence-electron chi connectivity index (χ4n) is 2.15. The highest BCUT2D eigenvalue weighted by atomic mass is 16.2. The van der Waals surface area contributed by atoms with Gasteiger partial charge in [-0.3, -0.25) is 9.78 Å². The summed E-state index contributed by atoms with van der Waals surface area (Å²) in [5.41, 5.74) is 1.45. The van der Waals surface area contributed by atoms with Crippen molar-refractivity contribution in [2.45, 2.75) is 32.2 Å². The number of piperidine rings is 1. The molecule has 0 aliphatic carbocycles. The van der Waals surface area contributed by atoms with Crippen LogP contribution in [0.3, 0.4) is 0 Å². The minimum absolute atomic E-state index is 0.0539. The summed E-state index contributed by atoms with van der Waals surface area (Å²) in [5, 5.41) is 9.06. The number of hydrogen-bond acceptors (Lipinski definition) is 3. The van der Waals surface area contributed by atoms with Gasteiger partial charge in [-0.15, -0.1) is 0 Å². The summed E-state index contributed by atoms with van der Waals surface area (Å²) in [4.78, 5) is 18.0. The lowest BCUT2D eigenvalue weighted by Gasteiger charge is -2.31. The van der Waals surface area contributed by atoms with Crippen LogP contribution < -0.4 is 0 Å². The standard InChI is InChI=1S/C13H15N3O/c1-10-8-11(5-6-15-10)13(17)16-7-3-2-4-12(16)9-14/h5-6,8,12H,2-4,7H2,1H3. The summed E-state index contributed by atoms with van der Waals surface area (Å²) in [5.74, 6) is -0.0539. The molecule has 0 bridgehead atoms. The van der Waals surface area contributed by atoms with Crippen molar-refractivity contribution in [1.29, 1.82) is 5.26 Å². The highest BCUT2D eigenvalue weighted by molar-refractivity contribution is 5.94. The van der Waals surface area contributed by atoms with Crippen LogP contribution in [0.4, 0.5) is 0 Å². The predicted molar refractivity (Wildman–Crippen MR) is 63.3 cm³/mol. The van der Waals surface area contributed by atoms with E-state index in [4.69, 9.17) is 5.26 Å². The smallest absolute Gasteiger partial charge is 0.255 e. The van der Waals surface area contributed by atoms with E-state index in [2.05, 4.69) is 11.1 Å². The Morgan fingerprint density at radius 2 is 2.41 bits per heavy atom. The van der Waals surface area contributed by atoms with E-state index in [0.717, 1.165) is 25.0 Å². The van der Waals surface area contributed by atoms with Gasteiger partial charge in [-0.05, 0) is 38.3 Å². The number of aryl methyl sites for hydroxylation is 1. The van der Waals surface area contributed by atoms with Gasteiger partial charge in [0.1, 0.15) is 6.04 Å². The van der Waals surface area contributed by atoms with E-state index in [1.54, 1.807) is 23.2 Å². The molecular formula is C13H15N3O. The molecule has 4 heteroatoms. The van der Waals surface area contributed by atoms with Crippen molar-refractivity contribution in [2.75, 3.05) is 6.54 Å². The Morgan fingerprint density at radius 1 is 1.59 bits per heavy atom. The molecule has 1 unspecified atom stereocenters. The molecule has 2 heterocycles. The first-order chi connectivity index (χ1) is 8.22. The third kappa shape index (κ3) is 2.44. The first-order valence-electron chi connectivity index (χ1n) is 5.85. The summed E-state index contributed by atoms with van der Waals surface area (Å²) in [6, 6.07) is 5.41. The molecule has 0 aromatic carbocycles. The van der Waals surface area contributed by atoms with Crippen LogP contribution in [0.25, 0.3) is 0 Å². The molecule has 2 rings (SSSR count). The number of hydrogen-bond donors (Lipinski definition) is 0. The van der Waals surface area contributed by atoms with Crippen LogP contribution in [0.15, 0.2) is 18.3 Å². The molecule has 1 amide bonds. The van der Waals surface area contributed by atoms with E-state index < -0.39 is 0 Å². The molecule has 1 saturated heterocycles. The van der Waals surface area contributed by atoms with Crippen molar-refractivity contribution >= 4 is 5.91 Å². The fraction of sp³-hybridized carbons (Fsp3) is 0.462. The van der Waals surface area contributed by atoms with E-state index in [0.29, 0.717) is 12.1 Å². The summed E-state index contributed by atoms with van der Waals surface area (Å²) in [6.07, 6.45) is 4.42. The first-order valence-corrected chi connectivity index (χ1v) is 5.85. The quantitative estimate of drug-likeness (QED) is 0.739. The minimum atomic E-state index is -0.273. The van der Waals surface area contributed by atoms with Crippen LogP contribution in [0.5, 0.6) is 0 Å². The molecule has 0 saturated carbocycles. The number of pyridine rings is 1. The van der Waals surface area contributed by atoms with Crippen LogP contribution >= 0.6 is 0 Å². The van der Waals surface area contributed by atoms with Gasteiger partial charge in [-0.25, -0.2) is 0 Å². The fourth-order valence-corrected chi connectivity index (χ4v) is 2.15. The number of rotatable bonds is 1. The average molecular weight is 229 g/mol. The number of nitriles is 1. The number of carbonyl (C=O) groups is 1. The van der Waals surface area contributed by atoms with Gasteiger partial charge < -0.3 is 4.90 Å². The molecule has 1 aliphatic heterocycles. The lowest BCUT2D eigenvalue weighted by molar-refractivity contribution is 0.0670. The van der Waals surface area contributed by atoms with Gasteiger partial charge in [0, 0.05) is 24.0 Å². The van der Waals surface area contributed by atoms with E-state index in [-0.39, 0.29) is 11.9 Å². The molecule has 0 N–H and O–H groups in total. The Hall–Kier alpha value is -1.89. The molecule has 0 spiro atoms. The van der Waals surface area contributed by atoms with Crippen LogP contribution in [0.1, 0.15) is 35.3 Å². The molecule has 88 valence electrons. The molecular weight excluding hydrogens is 214 g/mol. The van der Waals surface area contributed by atoms with Crippen molar-refractivity contribution in [2.24, 2.45) is 0 Å². The second-order valence-corrected chi connectivity index (χ2v) is 4.33. The molecule has 1 aliphatic rings. The Bertz CT molecular complexity index is 464. The SMILES string of the molecule is Cc1cc(C(=O)N2CCCCC2C#N)ccn1. The highest BCUT2D eigenvalue weighted by Gasteiger charge is 2.27. The van der Waals surface area contributed by atoms with Crippen LogP contribution in [-0.2, 0) is 0 Å². The maximum absolute atomic E-state index is 12.3. The zero-order valence-electron chi connectivity index (χ0n) is 9.89.